The zero-order chi connectivity index (χ0) is 15.3. The molecule has 0 fully saturated rings. The first-order valence-electron chi connectivity index (χ1n) is 7.05. The molecule has 1 aromatic carbocycles. The molecular weight excluding hydrogens is 255 g/mol. The first kappa shape index (κ1) is 16.6. The lowest BCUT2D eigenvalue weighted by Crippen LogP contribution is -2.37. The summed E-state index contributed by atoms with van der Waals surface area (Å²) in [5, 5.41) is 0. The van der Waals surface area contributed by atoms with Crippen molar-refractivity contribution in [1.29, 1.82) is 0 Å². The second-order valence-electron chi connectivity index (χ2n) is 6.32. The van der Waals surface area contributed by atoms with Gasteiger partial charge in [-0.2, -0.15) is 0 Å². The molecule has 1 rings (SSSR count). The van der Waals surface area contributed by atoms with Crippen molar-refractivity contribution in [2.75, 3.05) is 11.4 Å². The van der Waals surface area contributed by atoms with Gasteiger partial charge in [0, 0.05) is 19.0 Å². The molecule has 2 N–H and O–H groups in total. The van der Waals surface area contributed by atoms with Crippen LogP contribution in [-0.4, -0.2) is 18.5 Å². The third-order valence-electron chi connectivity index (χ3n) is 3.07. The van der Waals surface area contributed by atoms with E-state index < -0.39 is 0 Å². The fourth-order valence-corrected chi connectivity index (χ4v) is 2.34. The minimum absolute atomic E-state index is 0.0781. The predicted octanol–water partition coefficient (Wildman–Crippen LogP) is 3.33. The second-order valence-corrected chi connectivity index (χ2v) is 6.32. The van der Waals surface area contributed by atoms with E-state index in [1.165, 1.54) is 11.0 Å². The first-order valence-corrected chi connectivity index (χ1v) is 7.05. The van der Waals surface area contributed by atoms with E-state index in [0.717, 1.165) is 6.42 Å². The third-order valence-corrected chi connectivity index (χ3v) is 3.07. The van der Waals surface area contributed by atoms with Crippen LogP contribution in [0.1, 0.15) is 40.5 Å². The highest BCUT2D eigenvalue weighted by molar-refractivity contribution is 5.93. The number of nitrogens with zero attached hydrogens (tertiary/aromatic N) is 1. The Hall–Kier alpha value is -1.42. The van der Waals surface area contributed by atoms with Gasteiger partial charge in [-0.05, 0) is 30.9 Å². The molecule has 4 heteroatoms. The zero-order valence-corrected chi connectivity index (χ0v) is 12.8. The number of carbonyl (C=O) groups is 1. The highest BCUT2D eigenvalue weighted by Gasteiger charge is 2.22. The van der Waals surface area contributed by atoms with Crippen molar-refractivity contribution in [3.63, 3.8) is 0 Å². The number of anilines is 1. The summed E-state index contributed by atoms with van der Waals surface area (Å²) in [5.74, 6) is -0.513. The molecule has 1 unspecified atom stereocenters. The quantitative estimate of drug-likeness (QED) is 0.899. The number of nitrogens with two attached hydrogens (primary N) is 1. The Balaban J connectivity index is 2.76. The van der Waals surface area contributed by atoms with Crippen molar-refractivity contribution >= 4 is 11.6 Å². The Bertz CT molecular complexity index is 454. The van der Waals surface area contributed by atoms with E-state index in [0.29, 0.717) is 12.2 Å². The van der Waals surface area contributed by atoms with E-state index in [4.69, 9.17) is 5.73 Å². The van der Waals surface area contributed by atoms with Crippen LogP contribution >= 0.6 is 0 Å². The molecule has 1 atom stereocenters. The number of halogens is 1. The largest absolute Gasteiger partial charge is 0.327 e. The lowest BCUT2D eigenvalue weighted by Gasteiger charge is -2.26. The van der Waals surface area contributed by atoms with E-state index in [9.17, 15) is 9.18 Å². The summed E-state index contributed by atoms with van der Waals surface area (Å²) in [6, 6.07) is 6.11. The Kier molecular flexibility index (Phi) is 5.69. The lowest BCUT2D eigenvalue weighted by atomic mass is 9.87. The van der Waals surface area contributed by atoms with Gasteiger partial charge in [0.2, 0.25) is 5.91 Å². The first-order chi connectivity index (χ1) is 9.24. The highest BCUT2D eigenvalue weighted by Crippen LogP contribution is 2.23. The third kappa shape index (κ3) is 4.93. The average molecular weight is 280 g/mol. The minimum Gasteiger partial charge on any atom is -0.327 e. The molecule has 0 saturated heterocycles. The molecule has 1 amide bonds. The predicted molar refractivity (Wildman–Crippen MR) is 81.1 cm³/mol. The van der Waals surface area contributed by atoms with E-state index >= 15 is 0 Å². The normalized spacial score (nSPS) is 13.1. The second kappa shape index (κ2) is 6.84. The van der Waals surface area contributed by atoms with Crippen LogP contribution in [0, 0.1) is 11.2 Å². The van der Waals surface area contributed by atoms with Crippen LogP contribution in [0.25, 0.3) is 0 Å². The molecule has 0 spiro atoms. The molecule has 0 radical (unpaired) electrons. The molecule has 112 valence electrons. The van der Waals surface area contributed by atoms with Gasteiger partial charge in [-0.3, -0.25) is 4.79 Å². The summed E-state index contributed by atoms with van der Waals surface area (Å²) < 4.78 is 13.8. The van der Waals surface area contributed by atoms with Crippen LogP contribution in [0.3, 0.4) is 0 Å². The molecule has 0 aromatic heterocycles. The number of benzene rings is 1. The smallest absolute Gasteiger partial charge is 0.228 e. The maximum absolute atomic E-state index is 13.8. The van der Waals surface area contributed by atoms with Gasteiger partial charge in [0.15, 0.2) is 0 Å². The topological polar surface area (TPSA) is 46.3 Å². The van der Waals surface area contributed by atoms with Crippen molar-refractivity contribution in [3.8, 4) is 0 Å². The fourth-order valence-electron chi connectivity index (χ4n) is 2.34. The molecule has 1 aromatic rings. The van der Waals surface area contributed by atoms with Crippen molar-refractivity contribution in [3.05, 3.63) is 30.1 Å². The summed E-state index contributed by atoms with van der Waals surface area (Å²) in [7, 11) is 0. The van der Waals surface area contributed by atoms with Crippen LogP contribution in [-0.2, 0) is 4.79 Å². The summed E-state index contributed by atoms with van der Waals surface area (Å²) in [6.45, 7) is 8.53. The van der Waals surface area contributed by atoms with Crippen molar-refractivity contribution in [1.82, 2.24) is 0 Å². The summed E-state index contributed by atoms with van der Waals surface area (Å²) >= 11 is 0. The monoisotopic (exact) mass is 280 g/mol. The molecule has 0 aliphatic heterocycles. The minimum atomic E-state index is -0.382. The van der Waals surface area contributed by atoms with E-state index in [2.05, 4.69) is 20.8 Å². The molecule has 3 nitrogen and oxygen atoms in total. The number of hydrogen-bond donors (Lipinski definition) is 1. The van der Waals surface area contributed by atoms with Crippen LogP contribution in [0.2, 0.25) is 0 Å². The van der Waals surface area contributed by atoms with Crippen molar-refractivity contribution < 1.29 is 9.18 Å². The lowest BCUT2D eigenvalue weighted by molar-refractivity contribution is -0.119. The molecule has 0 aliphatic rings. The average Bonchev–Trinajstić information content (AvgIpc) is 2.29. The van der Waals surface area contributed by atoms with Gasteiger partial charge in [-0.25, -0.2) is 4.39 Å². The molecule has 0 heterocycles. The number of rotatable bonds is 5. The van der Waals surface area contributed by atoms with Gasteiger partial charge in [-0.15, -0.1) is 0 Å². The number of amides is 1. The van der Waals surface area contributed by atoms with Gasteiger partial charge in [0.1, 0.15) is 5.82 Å². The fraction of sp³-hybridized carbons (Fsp3) is 0.562. The molecule has 0 aliphatic carbocycles. The Morgan fingerprint density at radius 2 is 1.95 bits per heavy atom. The van der Waals surface area contributed by atoms with Crippen molar-refractivity contribution in [2.45, 2.75) is 46.6 Å². The summed E-state index contributed by atoms with van der Waals surface area (Å²) in [5.41, 5.74) is 6.43. The summed E-state index contributed by atoms with van der Waals surface area (Å²) in [6.07, 6.45) is 0.993. The van der Waals surface area contributed by atoms with Gasteiger partial charge < -0.3 is 10.6 Å². The van der Waals surface area contributed by atoms with Crippen LogP contribution in [0.4, 0.5) is 10.1 Å². The van der Waals surface area contributed by atoms with E-state index in [1.807, 2.05) is 6.92 Å². The van der Waals surface area contributed by atoms with E-state index in [-0.39, 0.29) is 29.6 Å². The van der Waals surface area contributed by atoms with Gasteiger partial charge in [-0.1, -0.05) is 32.9 Å². The van der Waals surface area contributed by atoms with Gasteiger partial charge in [0.05, 0.1) is 5.69 Å². The molecule has 0 bridgehead atoms. The van der Waals surface area contributed by atoms with Crippen LogP contribution in [0.5, 0.6) is 0 Å². The maximum Gasteiger partial charge on any atom is 0.228 e. The Morgan fingerprint density at radius 1 is 1.35 bits per heavy atom. The van der Waals surface area contributed by atoms with E-state index in [1.54, 1.807) is 18.2 Å². The number of carbonyl (C=O) groups excluding carboxylic acids is 1. The summed E-state index contributed by atoms with van der Waals surface area (Å²) in [4.78, 5) is 13.8. The van der Waals surface area contributed by atoms with Crippen molar-refractivity contribution in [2.24, 2.45) is 11.1 Å². The maximum atomic E-state index is 13.8. The molecule has 20 heavy (non-hydrogen) atoms. The molecular formula is C16H25FN2O. The standard InChI is InChI=1S/C16H25FN2O/c1-5-19(14-9-7-6-8-13(14)17)15(20)10-12(18)11-16(2,3)4/h6-9,12H,5,10-11,18H2,1-4H3. The number of hydrogen-bond acceptors (Lipinski definition) is 2. The Morgan fingerprint density at radius 3 is 2.45 bits per heavy atom. The van der Waals surface area contributed by atoms with Crippen LogP contribution < -0.4 is 10.6 Å². The SMILES string of the molecule is CCN(C(=O)CC(N)CC(C)(C)C)c1ccccc1F. The number of para-hydroxylation sites is 1. The van der Waals surface area contributed by atoms with Gasteiger partial charge >= 0.3 is 0 Å². The Labute approximate surface area is 121 Å². The zero-order valence-electron chi connectivity index (χ0n) is 12.8. The van der Waals surface area contributed by atoms with Gasteiger partial charge in [0.25, 0.3) is 0 Å². The molecule has 0 saturated carbocycles. The highest BCUT2D eigenvalue weighted by atomic mass is 19.1. The van der Waals surface area contributed by atoms with Crippen LogP contribution in [0.15, 0.2) is 24.3 Å².